The Hall–Kier alpha value is -0.740. The molecule has 2 atom stereocenters. The van der Waals surface area contributed by atoms with Crippen molar-refractivity contribution in [1.82, 2.24) is 0 Å². The van der Waals surface area contributed by atoms with Crippen molar-refractivity contribution in [2.75, 3.05) is 11.9 Å². The van der Waals surface area contributed by atoms with E-state index in [4.69, 9.17) is 9.84 Å². The zero-order valence-electron chi connectivity index (χ0n) is 8.53. The van der Waals surface area contributed by atoms with Crippen LogP contribution in [-0.4, -0.2) is 23.9 Å². The molecule has 2 unspecified atom stereocenters. The monoisotopic (exact) mass is 271 g/mol. The second-order valence-electron chi connectivity index (χ2n) is 3.74. The van der Waals surface area contributed by atoms with Crippen LogP contribution in [0.15, 0.2) is 22.7 Å². The lowest BCUT2D eigenvalue weighted by Gasteiger charge is -2.32. The largest absolute Gasteiger partial charge is 0.486 e. The first kappa shape index (κ1) is 10.8. The van der Waals surface area contributed by atoms with Crippen LogP contribution < -0.4 is 10.1 Å². The van der Waals surface area contributed by atoms with Crippen LogP contribution in [-0.2, 0) is 0 Å². The third-order valence-corrected chi connectivity index (χ3v) is 3.07. The number of halogens is 1. The Morgan fingerprint density at radius 3 is 3.07 bits per heavy atom. The van der Waals surface area contributed by atoms with E-state index < -0.39 is 0 Å². The molecule has 0 spiro atoms. The van der Waals surface area contributed by atoms with E-state index in [1.54, 1.807) is 0 Å². The maximum atomic E-state index is 8.92. The number of aliphatic hydroxyl groups excluding tert-OH is 1. The van der Waals surface area contributed by atoms with E-state index in [9.17, 15) is 0 Å². The molecule has 1 aliphatic heterocycles. The van der Waals surface area contributed by atoms with Gasteiger partial charge in [-0.3, -0.25) is 0 Å². The van der Waals surface area contributed by atoms with Crippen LogP contribution >= 0.6 is 15.9 Å². The van der Waals surface area contributed by atoms with Crippen LogP contribution in [0.3, 0.4) is 0 Å². The van der Waals surface area contributed by atoms with E-state index in [-0.39, 0.29) is 18.8 Å². The molecule has 0 fully saturated rings. The molecule has 82 valence electrons. The van der Waals surface area contributed by atoms with E-state index in [0.29, 0.717) is 6.42 Å². The van der Waals surface area contributed by atoms with Gasteiger partial charge in [-0.1, -0.05) is 15.9 Å². The molecular weight excluding hydrogens is 258 g/mol. The number of hydrogen-bond donors (Lipinski definition) is 2. The molecular formula is C11H14BrNO2. The summed E-state index contributed by atoms with van der Waals surface area (Å²) in [6, 6.07) is 6.14. The second-order valence-corrected chi connectivity index (χ2v) is 4.66. The number of fused-ring (bicyclic) bond motifs is 1. The van der Waals surface area contributed by atoms with Crippen molar-refractivity contribution < 1.29 is 9.84 Å². The van der Waals surface area contributed by atoms with Crippen molar-refractivity contribution in [3.63, 3.8) is 0 Å². The number of anilines is 1. The van der Waals surface area contributed by atoms with Crippen LogP contribution in [0, 0.1) is 0 Å². The summed E-state index contributed by atoms with van der Waals surface area (Å²) in [6.45, 7) is 2.21. The van der Waals surface area contributed by atoms with E-state index in [0.717, 1.165) is 15.9 Å². The van der Waals surface area contributed by atoms with Gasteiger partial charge in [-0.05, 0) is 25.1 Å². The predicted molar refractivity (Wildman–Crippen MR) is 63.3 cm³/mol. The molecule has 1 aromatic carbocycles. The molecule has 0 bridgehead atoms. The zero-order valence-corrected chi connectivity index (χ0v) is 10.1. The molecule has 4 heteroatoms. The molecule has 1 heterocycles. The standard InChI is InChI=1S/C11H14BrNO2/c1-7-10(4-5-14)15-11-6-8(12)2-3-9(11)13-7/h2-3,6-7,10,13-14H,4-5H2,1H3. The lowest BCUT2D eigenvalue weighted by atomic mass is 10.1. The molecule has 0 amide bonds. The number of hydrogen-bond acceptors (Lipinski definition) is 3. The molecule has 2 rings (SSSR count). The average Bonchev–Trinajstić information content (AvgIpc) is 2.20. The lowest BCUT2D eigenvalue weighted by Crippen LogP contribution is -2.39. The minimum Gasteiger partial charge on any atom is -0.486 e. The van der Waals surface area contributed by atoms with E-state index in [1.165, 1.54) is 0 Å². The molecule has 2 N–H and O–H groups in total. The van der Waals surface area contributed by atoms with E-state index in [1.807, 2.05) is 18.2 Å². The van der Waals surface area contributed by atoms with Crippen LogP contribution in [0.5, 0.6) is 5.75 Å². The number of benzene rings is 1. The van der Waals surface area contributed by atoms with Gasteiger partial charge in [0.2, 0.25) is 0 Å². The summed E-state index contributed by atoms with van der Waals surface area (Å²) in [5.74, 6) is 0.848. The molecule has 3 nitrogen and oxygen atoms in total. The number of nitrogens with one attached hydrogen (secondary N) is 1. The van der Waals surface area contributed by atoms with Gasteiger partial charge in [-0.25, -0.2) is 0 Å². The van der Waals surface area contributed by atoms with Crippen molar-refractivity contribution in [3.05, 3.63) is 22.7 Å². The summed E-state index contributed by atoms with van der Waals surface area (Å²) in [5.41, 5.74) is 1.01. The van der Waals surface area contributed by atoms with Crippen molar-refractivity contribution >= 4 is 21.6 Å². The average molecular weight is 272 g/mol. The molecule has 0 aliphatic carbocycles. The second kappa shape index (κ2) is 4.41. The van der Waals surface area contributed by atoms with Gasteiger partial charge >= 0.3 is 0 Å². The van der Waals surface area contributed by atoms with Gasteiger partial charge < -0.3 is 15.2 Å². The Balaban J connectivity index is 2.22. The Morgan fingerprint density at radius 2 is 2.33 bits per heavy atom. The molecule has 0 radical (unpaired) electrons. The Kier molecular flexibility index (Phi) is 3.17. The molecule has 1 aliphatic rings. The number of ether oxygens (including phenoxy) is 1. The summed E-state index contributed by atoms with van der Waals surface area (Å²) in [7, 11) is 0. The topological polar surface area (TPSA) is 41.5 Å². The Labute approximate surface area is 97.6 Å². The maximum Gasteiger partial charge on any atom is 0.144 e. The minimum absolute atomic E-state index is 0.0387. The quantitative estimate of drug-likeness (QED) is 0.868. The van der Waals surface area contributed by atoms with Gasteiger partial charge in [-0.15, -0.1) is 0 Å². The highest BCUT2D eigenvalue weighted by atomic mass is 79.9. The summed E-state index contributed by atoms with van der Waals surface area (Å²) in [5, 5.41) is 12.3. The summed E-state index contributed by atoms with van der Waals surface area (Å²) in [6.07, 6.45) is 0.692. The smallest absolute Gasteiger partial charge is 0.144 e. The normalized spacial score (nSPS) is 23.9. The first-order valence-electron chi connectivity index (χ1n) is 5.04. The zero-order chi connectivity index (χ0) is 10.8. The third kappa shape index (κ3) is 2.26. The predicted octanol–water partition coefficient (Wildman–Crippen LogP) is 2.39. The van der Waals surface area contributed by atoms with E-state index >= 15 is 0 Å². The summed E-state index contributed by atoms with van der Waals surface area (Å²) in [4.78, 5) is 0. The number of rotatable bonds is 2. The van der Waals surface area contributed by atoms with Crippen molar-refractivity contribution in [2.45, 2.75) is 25.5 Å². The highest BCUT2D eigenvalue weighted by molar-refractivity contribution is 9.10. The summed E-state index contributed by atoms with van der Waals surface area (Å²) >= 11 is 3.41. The van der Waals surface area contributed by atoms with Gasteiger partial charge in [0, 0.05) is 17.5 Å². The Bertz CT molecular complexity index is 356. The van der Waals surface area contributed by atoms with Crippen LogP contribution in [0.4, 0.5) is 5.69 Å². The highest BCUT2D eigenvalue weighted by Crippen LogP contribution is 2.34. The van der Waals surface area contributed by atoms with Crippen LogP contribution in [0.2, 0.25) is 0 Å². The van der Waals surface area contributed by atoms with Gasteiger partial charge in [0.1, 0.15) is 11.9 Å². The van der Waals surface area contributed by atoms with Gasteiger partial charge in [-0.2, -0.15) is 0 Å². The van der Waals surface area contributed by atoms with Crippen molar-refractivity contribution in [1.29, 1.82) is 0 Å². The first-order chi connectivity index (χ1) is 7.20. The number of aliphatic hydroxyl groups is 1. The van der Waals surface area contributed by atoms with Crippen LogP contribution in [0.25, 0.3) is 0 Å². The maximum absolute atomic E-state index is 8.92. The summed E-state index contributed by atoms with van der Waals surface area (Å²) < 4.78 is 6.81. The van der Waals surface area contributed by atoms with Crippen molar-refractivity contribution in [2.24, 2.45) is 0 Å². The van der Waals surface area contributed by atoms with Gasteiger partial charge in [0.25, 0.3) is 0 Å². The molecule has 0 saturated heterocycles. The fourth-order valence-corrected chi connectivity index (χ4v) is 2.09. The molecule has 0 aromatic heterocycles. The molecule has 0 saturated carbocycles. The highest BCUT2D eigenvalue weighted by Gasteiger charge is 2.25. The van der Waals surface area contributed by atoms with Gasteiger partial charge in [0.05, 0.1) is 11.7 Å². The Morgan fingerprint density at radius 1 is 1.53 bits per heavy atom. The molecule has 1 aromatic rings. The fourth-order valence-electron chi connectivity index (χ4n) is 1.75. The minimum atomic E-state index is 0.0387. The van der Waals surface area contributed by atoms with Gasteiger partial charge in [0.15, 0.2) is 0 Å². The fraction of sp³-hybridized carbons (Fsp3) is 0.455. The van der Waals surface area contributed by atoms with Crippen molar-refractivity contribution in [3.8, 4) is 5.75 Å². The molecule has 15 heavy (non-hydrogen) atoms. The van der Waals surface area contributed by atoms with E-state index in [2.05, 4.69) is 28.2 Å². The SMILES string of the molecule is CC1Nc2ccc(Br)cc2OC1CCO. The third-order valence-electron chi connectivity index (χ3n) is 2.58. The lowest BCUT2D eigenvalue weighted by molar-refractivity contribution is 0.134. The first-order valence-corrected chi connectivity index (χ1v) is 5.83. The van der Waals surface area contributed by atoms with Crippen LogP contribution in [0.1, 0.15) is 13.3 Å².